The summed E-state index contributed by atoms with van der Waals surface area (Å²) in [5, 5.41) is 4.57. The lowest BCUT2D eigenvalue weighted by Gasteiger charge is -2.47. The number of hydrogen-bond acceptors (Lipinski definition) is 3. The number of aromatic nitrogens is 1. The Labute approximate surface area is 173 Å². The van der Waals surface area contributed by atoms with Crippen molar-refractivity contribution < 1.29 is 9.59 Å². The zero-order chi connectivity index (χ0) is 20.4. The number of H-pyrrole nitrogens is 1. The van der Waals surface area contributed by atoms with Crippen LogP contribution >= 0.6 is 0 Å². The molecule has 1 amide bonds. The van der Waals surface area contributed by atoms with E-state index in [1.54, 1.807) is 6.92 Å². The van der Waals surface area contributed by atoms with Gasteiger partial charge in [-0.2, -0.15) is 0 Å². The molecule has 1 saturated heterocycles. The molecule has 0 spiro atoms. The first kappa shape index (κ1) is 20.1. The van der Waals surface area contributed by atoms with Crippen LogP contribution in [0.5, 0.6) is 0 Å². The lowest BCUT2D eigenvalue weighted by Crippen LogP contribution is -2.52. The van der Waals surface area contributed by atoms with Crippen molar-refractivity contribution in [3.63, 3.8) is 0 Å². The predicted octanol–water partition coefficient (Wildman–Crippen LogP) is 3.78. The maximum absolute atomic E-state index is 12.2. The summed E-state index contributed by atoms with van der Waals surface area (Å²) >= 11 is 0. The zero-order valence-corrected chi connectivity index (χ0v) is 17.7. The number of fused-ring (bicyclic) bond motifs is 2. The highest BCUT2D eigenvalue weighted by Crippen LogP contribution is 2.44. The summed E-state index contributed by atoms with van der Waals surface area (Å²) in [6.07, 6.45) is 7.18. The Kier molecular flexibility index (Phi) is 6.04. The number of carbonyl (C=O) groups excluding carboxylic acids is 2. The normalized spacial score (nSPS) is 23.7. The highest BCUT2D eigenvalue weighted by molar-refractivity contribution is 5.88. The Morgan fingerprint density at radius 1 is 1.28 bits per heavy atom. The summed E-state index contributed by atoms with van der Waals surface area (Å²) < 4.78 is 0. The van der Waals surface area contributed by atoms with Gasteiger partial charge in [-0.25, -0.2) is 0 Å². The third-order valence-electron chi connectivity index (χ3n) is 6.69. The summed E-state index contributed by atoms with van der Waals surface area (Å²) in [6, 6.07) is 7.22. The second-order valence-electron chi connectivity index (χ2n) is 8.92. The number of ketones is 1. The lowest BCUT2D eigenvalue weighted by atomic mass is 9.72. The smallest absolute Gasteiger partial charge is 0.220 e. The van der Waals surface area contributed by atoms with E-state index in [-0.39, 0.29) is 11.7 Å². The first-order valence-electron chi connectivity index (χ1n) is 11.2. The number of carbonyl (C=O) groups is 2. The number of aromatic amines is 1. The molecule has 5 heteroatoms. The summed E-state index contributed by atoms with van der Waals surface area (Å²) in [4.78, 5) is 29.4. The molecule has 156 valence electrons. The summed E-state index contributed by atoms with van der Waals surface area (Å²) in [7, 11) is 0. The molecule has 5 nitrogen and oxygen atoms in total. The third-order valence-corrected chi connectivity index (χ3v) is 6.69. The van der Waals surface area contributed by atoms with Crippen molar-refractivity contribution in [3.8, 4) is 0 Å². The molecule has 2 aromatic rings. The van der Waals surface area contributed by atoms with Crippen LogP contribution in [0.2, 0.25) is 0 Å². The van der Waals surface area contributed by atoms with Gasteiger partial charge in [-0.1, -0.05) is 19.1 Å². The van der Waals surface area contributed by atoms with Crippen molar-refractivity contribution in [3.05, 3.63) is 35.5 Å². The van der Waals surface area contributed by atoms with Gasteiger partial charge in [0.05, 0.1) is 0 Å². The largest absolute Gasteiger partial charge is 0.361 e. The van der Waals surface area contributed by atoms with E-state index >= 15 is 0 Å². The maximum Gasteiger partial charge on any atom is 0.220 e. The number of nitrogens with one attached hydrogen (secondary N) is 2. The fourth-order valence-corrected chi connectivity index (χ4v) is 5.44. The van der Waals surface area contributed by atoms with Crippen molar-refractivity contribution in [2.75, 3.05) is 19.6 Å². The number of rotatable bonds is 8. The van der Waals surface area contributed by atoms with Gasteiger partial charge in [-0.15, -0.1) is 0 Å². The molecule has 29 heavy (non-hydrogen) atoms. The quantitative estimate of drug-likeness (QED) is 0.715. The molecule has 2 heterocycles. The number of benzene rings is 1. The van der Waals surface area contributed by atoms with Crippen LogP contribution in [0, 0.1) is 5.92 Å². The standard InChI is InChI=1S/C24H33N3O2/c1-3-10-27-15-17(13-26-23(29)9-4-6-16(2)28)11-20-19-7-5-8-21-24(19)18(14-25-21)12-22(20)27/h5,7-8,14,17,20,22,25H,3-4,6,9-13,15H2,1-2H3,(H,26,29)/t17-,20+,22?/m0/s1. The highest BCUT2D eigenvalue weighted by Gasteiger charge is 2.40. The number of piperidine rings is 1. The van der Waals surface area contributed by atoms with E-state index < -0.39 is 0 Å². The number of Topliss-reactive ketones (excluding diaryl/α,β-unsaturated/α-hetero) is 1. The van der Waals surface area contributed by atoms with Crippen molar-refractivity contribution in [2.24, 2.45) is 5.92 Å². The van der Waals surface area contributed by atoms with Crippen molar-refractivity contribution in [2.45, 2.75) is 64.3 Å². The minimum atomic E-state index is 0.0779. The van der Waals surface area contributed by atoms with E-state index in [9.17, 15) is 9.59 Å². The number of likely N-dealkylation sites (tertiary alicyclic amines) is 1. The molecule has 1 unspecified atom stereocenters. The molecule has 1 fully saturated rings. The molecule has 2 N–H and O–H groups in total. The van der Waals surface area contributed by atoms with Gasteiger partial charge in [-0.3, -0.25) is 9.69 Å². The van der Waals surface area contributed by atoms with Gasteiger partial charge in [-0.05, 0) is 62.3 Å². The fraction of sp³-hybridized carbons (Fsp3) is 0.583. The van der Waals surface area contributed by atoms with Gasteiger partial charge in [0.25, 0.3) is 0 Å². The monoisotopic (exact) mass is 395 g/mol. The first-order valence-corrected chi connectivity index (χ1v) is 11.2. The number of amides is 1. The van der Waals surface area contributed by atoms with E-state index in [0.29, 0.717) is 37.1 Å². The molecule has 0 bridgehead atoms. The Balaban J connectivity index is 1.46. The SMILES string of the molecule is CCCN1C[C@H](CNC(=O)CCCC(C)=O)C[C@@H]2c3cccc4[nH]cc(c34)CC21. The van der Waals surface area contributed by atoms with Crippen molar-refractivity contribution in [1.82, 2.24) is 15.2 Å². The van der Waals surface area contributed by atoms with Gasteiger partial charge in [0.2, 0.25) is 5.91 Å². The van der Waals surface area contributed by atoms with E-state index in [1.807, 2.05) is 0 Å². The minimum absolute atomic E-state index is 0.0779. The third kappa shape index (κ3) is 4.25. The molecule has 1 aromatic carbocycles. The van der Waals surface area contributed by atoms with E-state index in [1.165, 1.54) is 22.0 Å². The van der Waals surface area contributed by atoms with Crippen LogP contribution in [0.3, 0.4) is 0 Å². The van der Waals surface area contributed by atoms with Crippen LogP contribution < -0.4 is 5.32 Å². The molecule has 3 atom stereocenters. The Morgan fingerprint density at radius 2 is 2.14 bits per heavy atom. The van der Waals surface area contributed by atoms with Gasteiger partial charge in [0, 0.05) is 55.0 Å². The van der Waals surface area contributed by atoms with Crippen LogP contribution in [0.25, 0.3) is 10.9 Å². The van der Waals surface area contributed by atoms with Gasteiger partial charge in [0.1, 0.15) is 5.78 Å². The van der Waals surface area contributed by atoms with E-state index in [4.69, 9.17) is 0 Å². The second kappa shape index (κ2) is 8.70. The second-order valence-corrected chi connectivity index (χ2v) is 8.92. The maximum atomic E-state index is 12.2. The van der Waals surface area contributed by atoms with Crippen LogP contribution in [0.15, 0.2) is 24.4 Å². The predicted molar refractivity (Wildman–Crippen MR) is 116 cm³/mol. The van der Waals surface area contributed by atoms with E-state index in [0.717, 1.165) is 38.9 Å². The molecular weight excluding hydrogens is 362 g/mol. The number of hydrogen-bond donors (Lipinski definition) is 2. The molecule has 1 aliphatic carbocycles. The van der Waals surface area contributed by atoms with Crippen LogP contribution in [-0.2, 0) is 16.0 Å². The van der Waals surface area contributed by atoms with Gasteiger partial charge >= 0.3 is 0 Å². The molecule has 4 rings (SSSR count). The average molecular weight is 396 g/mol. The fourth-order valence-electron chi connectivity index (χ4n) is 5.44. The summed E-state index contributed by atoms with van der Waals surface area (Å²) in [5.74, 6) is 1.23. The zero-order valence-electron chi connectivity index (χ0n) is 17.7. The molecule has 2 aliphatic rings. The summed E-state index contributed by atoms with van der Waals surface area (Å²) in [5.41, 5.74) is 4.18. The van der Waals surface area contributed by atoms with Gasteiger partial charge < -0.3 is 15.1 Å². The molecule has 0 saturated carbocycles. The van der Waals surface area contributed by atoms with Crippen molar-refractivity contribution >= 4 is 22.6 Å². The van der Waals surface area contributed by atoms with Gasteiger partial charge in [0.15, 0.2) is 0 Å². The lowest BCUT2D eigenvalue weighted by molar-refractivity contribution is -0.121. The topological polar surface area (TPSA) is 65.2 Å². The van der Waals surface area contributed by atoms with Crippen LogP contribution in [0.1, 0.15) is 63.0 Å². The van der Waals surface area contributed by atoms with Crippen LogP contribution in [-0.4, -0.2) is 47.3 Å². The number of nitrogens with zero attached hydrogens (tertiary/aromatic N) is 1. The molecule has 1 aromatic heterocycles. The first-order chi connectivity index (χ1) is 14.1. The molecule has 0 radical (unpaired) electrons. The Morgan fingerprint density at radius 3 is 2.93 bits per heavy atom. The Bertz CT molecular complexity index is 887. The molecular formula is C24H33N3O2. The summed E-state index contributed by atoms with van der Waals surface area (Å²) in [6.45, 7) is 6.73. The highest BCUT2D eigenvalue weighted by atomic mass is 16.1. The van der Waals surface area contributed by atoms with E-state index in [2.05, 4.69) is 46.5 Å². The average Bonchev–Trinajstić information content (AvgIpc) is 3.11. The molecule has 1 aliphatic heterocycles. The minimum Gasteiger partial charge on any atom is -0.361 e. The van der Waals surface area contributed by atoms with Crippen molar-refractivity contribution in [1.29, 1.82) is 0 Å². The Hall–Kier alpha value is -2.14. The van der Waals surface area contributed by atoms with Crippen LogP contribution in [0.4, 0.5) is 0 Å².